The van der Waals surface area contributed by atoms with Crippen LogP contribution < -0.4 is 14.2 Å². The molecule has 0 amide bonds. The Morgan fingerprint density at radius 2 is 1.48 bits per heavy atom. The lowest BCUT2D eigenvalue weighted by molar-refractivity contribution is 0.340. The molecular weight excluding hydrogens is 324 g/mol. The molecule has 25 heavy (non-hydrogen) atoms. The number of phenols is 2. The number of methoxy groups -OCH3 is 3. The van der Waals surface area contributed by atoms with E-state index in [0.717, 1.165) is 5.56 Å². The summed E-state index contributed by atoms with van der Waals surface area (Å²) >= 11 is 0. The molecule has 0 spiro atoms. The van der Waals surface area contributed by atoms with E-state index in [4.69, 9.17) is 14.2 Å². The molecule has 0 saturated carbocycles. The Kier molecular flexibility index (Phi) is 4.38. The molecule has 0 radical (unpaired) electrons. The van der Waals surface area contributed by atoms with E-state index in [1.165, 1.54) is 21.3 Å². The van der Waals surface area contributed by atoms with Crippen LogP contribution in [0.25, 0.3) is 22.5 Å². The summed E-state index contributed by atoms with van der Waals surface area (Å²) in [7, 11) is 4.42. The molecule has 3 N–H and O–H groups in total. The zero-order valence-electron chi connectivity index (χ0n) is 14.0. The SMILES string of the molecule is COc1ccc(-c2[nH]cnc2-c2cc(OC)c(O)c(OC)c2)cc1O. The third kappa shape index (κ3) is 2.91. The lowest BCUT2D eigenvalue weighted by Crippen LogP contribution is -1.92. The van der Waals surface area contributed by atoms with E-state index in [-0.39, 0.29) is 23.0 Å². The fourth-order valence-corrected chi connectivity index (χ4v) is 2.61. The average molecular weight is 342 g/mol. The molecule has 0 aliphatic heterocycles. The molecule has 7 heteroatoms. The van der Waals surface area contributed by atoms with Crippen LogP contribution in [0.5, 0.6) is 28.7 Å². The zero-order valence-corrected chi connectivity index (χ0v) is 14.0. The molecule has 0 bridgehead atoms. The number of aromatic amines is 1. The van der Waals surface area contributed by atoms with Crippen molar-refractivity contribution in [1.82, 2.24) is 9.97 Å². The molecule has 0 atom stereocenters. The minimum absolute atomic E-state index is 0.0291. The van der Waals surface area contributed by atoms with Crippen molar-refractivity contribution in [3.05, 3.63) is 36.7 Å². The maximum Gasteiger partial charge on any atom is 0.200 e. The number of hydrogen-bond donors (Lipinski definition) is 3. The van der Waals surface area contributed by atoms with Crippen LogP contribution in [0.15, 0.2) is 36.7 Å². The monoisotopic (exact) mass is 342 g/mol. The Morgan fingerprint density at radius 3 is 2.04 bits per heavy atom. The predicted octanol–water partition coefficient (Wildman–Crippen LogP) is 3.18. The lowest BCUT2D eigenvalue weighted by atomic mass is 10.0. The number of nitrogens with one attached hydrogen (secondary N) is 1. The zero-order chi connectivity index (χ0) is 18.0. The number of aromatic nitrogens is 2. The van der Waals surface area contributed by atoms with Gasteiger partial charge in [-0.3, -0.25) is 0 Å². The van der Waals surface area contributed by atoms with Gasteiger partial charge in [0.1, 0.15) is 0 Å². The molecule has 1 heterocycles. The van der Waals surface area contributed by atoms with Gasteiger partial charge < -0.3 is 29.4 Å². The fourth-order valence-electron chi connectivity index (χ4n) is 2.61. The smallest absolute Gasteiger partial charge is 0.200 e. The first-order chi connectivity index (χ1) is 12.1. The number of ether oxygens (including phenoxy) is 3. The van der Waals surface area contributed by atoms with Crippen LogP contribution in [0.1, 0.15) is 0 Å². The van der Waals surface area contributed by atoms with Gasteiger partial charge >= 0.3 is 0 Å². The molecule has 0 fully saturated rings. The predicted molar refractivity (Wildman–Crippen MR) is 92.4 cm³/mol. The fraction of sp³-hybridized carbons (Fsp3) is 0.167. The molecule has 2 aromatic carbocycles. The molecule has 0 unspecified atom stereocenters. The molecule has 1 aromatic heterocycles. The van der Waals surface area contributed by atoms with E-state index in [0.29, 0.717) is 22.7 Å². The number of rotatable bonds is 5. The number of hydrogen-bond acceptors (Lipinski definition) is 6. The number of aromatic hydroxyl groups is 2. The minimum Gasteiger partial charge on any atom is -0.504 e. The Labute approximate surface area is 144 Å². The molecule has 0 aliphatic rings. The van der Waals surface area contributed by atoms with Crippen molar-refractivity contribution in [3.63, 3.8) is 0 Å². The summed E-state index contributed by atoms with van der Waals surface area (Å²) in [4.78, 5) is 7.42. The Bertz CT molecular complexity index is 879. The number of phenolic OH excluding ortho intramolecular Hbond substituents is 2. The Morgan fingerprint density at radius 1 is 0.840 bits per heavy atom. The minimum atomic E-state index is -0.0760. The van der Waals surface area contributed by atoms with Crippen LogP contribution >= 0.6 is 0 Å². The first kappa shape index (κ1) is 16.5. The van der Waals surface area contributed by atoms with E-state index in [1.807, 2.05) is 6.07 Å². The average Bonchev–Trinajstić information content (AvgIpc) is 3.11. The van der Waals surface area contributed by atoms with Gasteiger partial charge in [-0.1, -0.05) is 0 Å². The van der Waals surface area contributed by atoms with Gasteiger partial charge in [-0.2, -0.15) is 0 Å². The van der Waals surface area contributed by atoms with Crippen molar-refractivity contribution < 1.29 is 24.4 Å². The van der Waals surface area contributed by atoms with Crippen LogP contribution in [0.3, 0.4) is 0 Å². The van der Waals surface area contributed by atoms with Gasteiger partial charge in [0.25, 0.3) is 0 Å². The van der Waals surface area contributed by atoms with Crippen molar-refractivity contribution >= 4 is 0 Å². The Hall–Kier alpha value is -3.35. The maximum absolute atomic E-state index is 10.1. The highest BCUT2D eigenvalue weighted by molar-refractivity contribution is 5.81. The van der Waals surface area contributed by atoms with Crippen molar-refractivity contribution in [3.8, 4) is 51.3 Å². The van der Waals surface area contributed by atoms with Crippen molar-refractivity contribution in [2.75, 3.05) is 21.3 Å². The Balaban J connectivity index is 2.13. The van der Waals surface area contributed by atoms with E-state index >= 15 is 0 Å². The second-order valence-electron chi connectivity index (χ2n) is 5.24. The lowest BCUT2D eigenvalue weighted by Gasteiger charge is -2.11. The number of nitrogens with zero attached hydrogens (tertiary/aromatic N) is 1. The normalized spacial score (nSPS) is 10.5. The van der Waals surface area contributed by atoms with Gasteiger partial charge in [-0.25, -0.2) is 4.98 Å². The van der Waals surface area contributed by atoms with E-state index in [2.05, 4.69) is 9.97 Å². The topological polar surface area (TPSA) is 96.8 Å². The molecule has 3 rings (SSSR count). The van der Waals surface area contributed by atoms with Gasteiger partial charge in [0, 0.05) is 11.1 Å². The third-order valence-electron chi connectivity index (χ3n) is 3.86. The highest BCUT2D eigenvalue weighted by Gasteiger charge is 2.17. The summed E-state index contributed by atoms with van der Waals surface area (Å²) in [5.41, 5.74) is 2.75. The molecule has 0 aliphatic carbocycles. The quantitative estimate of drug-likeness (QED) is 0.659. The molecule has 0 saturated heterocycles. The summed E-state index contributed by atoms with van der Waals surface area (Å²) in [6.45, 7) is 0. The molecular formula is C18H18N2O5. The summed E-state index contributed by atoms with van der Waals surface area (Å²) < 4.78 is 15.5. The van der Waals surface area contributed by atoms with E-state index in [9.17, 15) is 10.2 Å². The summed E-state index contributed by atoms with van der Waals surface area (Å²) in [6.07, 6.45) is 1.55. The van der Waals surface area contributed by atoms with Crippen LogP contribution in [0.2, 0.25) is 0 Å². The van der Waals surface area contributed by atoms with Crippen molar-refractivity contribution in [2.24, 2.45) is 0 Å². The standard InChI is InChI=1S/C18H18N2O5/c1-23-13-5-4-10(6-12(13)21)16-17(20-9-19-16)11-7-14(24-2)18(22)15(8-11)25-3/h4-9,21-22H,1-3H3,(H,19,20). The van der Waals surface area contributed by atoms with Gasteiger partial charge in [-0.05, 0) is 30.3 Å². The van der Waals surface area contributed by atoms with Gasteiger partial charge in [0.2, 0.25) is 5.75 Å². The van der Waals surface area contributed by atoms with E-state index < -0.39 is 0 Å². The maximum atomic E-state index is 10.1. The van der Waals surface area contributed by atoms with Crippen LogP contribution in [-0.4, -0.2) is 41.5 Å². The van der Waals surface area contributed by atoms with E-state index in [1.54, 1.807) is 30.6 Å². The van der Waals surface area contributed by atoms with Gasteiger partial charge in [0.15, 0.2) is 23.0 Å². The number of H-pyrrole nitrogens is 1. The van der Waals surface area contributed by atoms with Crippen LogP contribution in [0.4, 0.5) is 0 Å². The second kappa shape index (κ2) is 6.64. The van der Waals surface area contributed by atoms with Crippen molar-refractivity contribution in [2.45, 2.75) is 0 Å². The summed E-state index contributed by atoms with van der Waals surface area (Å²) in [6, 6.07) is 8.41. The first-order valence-electron chi connectivity index (χ1n) is 7.45. The van der Waals surface area contributed by atoms with Crippen molar-refractivity contribution in [1.29, 1.82) is 0 Å². The van der Waals surface area contributed by atoms with Crippen LogP contribution in [-0.2, 0) is 0 Å². The second-order valence-corrected chi connectivity index (χ2v) is 5.24. The number of imidazole rings is 1. The third-order valence-corrected chi connectivity index (χ3v) is 3.86. The summed E-state index contributed by atoms with van der Waals surface area (Å²) in [5, 5.41) is 20.1. The molecule has 130 valence electrons. The highest BCUT2D eigenvalue weighted by Crippen LogP contribution is 2.42. The van der Waals surface area contributed by atoms with Gasteiger partial charge in [0.05, 0.1) is 39.0 Å². The van der Waals surface area contributed by atoms with Crippen LogP contribution in [0, 0.1) is 0 Å². The summed E-state index contributed by atoms with van der Waals surface area (Å²) in [5.74, 6) is 0.897. The molecule has 7 nitrogen and oxygen atoms in total. The largest absolute Gasteiger partial charge is 0.504 e. The van der Waals surface area contributed by atoms with Gasteiger partial charge in [-0.15, -0.1) is 0 Å². The first-order valence-corrected chi connectivity index (χ1v) is 7.45. The number of benzene rings is 2. The highest BCUT2D eigenvalue weighted by atomic mass is 16.5. The molecule has 3 aromatic rings.